The lowest BCUT2D eigenvalue weighted by molar-refractivity contribution is -0.135. The number of ether oxygens (including phenoxy) is 1. The number of likely N-dealkylation sites (N-methyl/N-ethyl adjacent to an activating group) is 1. The lowest BCUT2D eigenvalue weighted by Crippen LogP contribution is -2.46. The molecule has 0 radical (unpaired) electrons. The highest BCUT2D eigenvalue weighted by Gasteiger charge is 2.30. The molecule has 1 atom stereocenters. The fraction of sp³-hybridized carbons (Fsp3) is 0.400. The predicted molar refractivity (Wildman–Crippen MR) is 102 cm³/mol. The van der Waals surface area contributed by atoms with Crippen molar-refractivity contribution in [2.24, 2.45) is 5.92 Å². The molecule has 5 nitrogen and oxygen atoms in total. The number of thiophene rings is 1. The molecular weight excluding hydrogens is 367 g/mol. The fourth-order valence-corrected chi connectivity index (χ4v) is 3.89. The topological polar surface area (TPSA) is 49.9 Å². The average Bonchev–Trinajstić information content (AvgIpc) is 3.23. The van der Waals surface area contributed by atoms with Crippen molar-refractivity contribution >= 4 is 23.2 Å². The first-order valence-corrected chi connectivity index (χ1v) is 9.89. The summed E-state index contributed by atoms with van der Waals surface area (Å²) < 4.78 is 19.0. The highest BCUT2D eigenvalue weighted by Crippen LogP contribution is 2.22. The maximum absolute atomic E-state index is 13.6. The molecule has 1 fully saturated rings. The number of halogens is 1. The molecule has 1 aliphatic rings. The summed E-state index contributed by atoms with van der Waals surface area (Å²) in [6.07, 6.45) is 1.58. The fourth-order valence-electron chi connectivity index (χ4n) is 3.20. The molecule has 0 N–H and O–H groups in total. The van der Waals surface area contributed by atoms with E-state index in [-0.39, 0.29) is 30.1 Å². The first kappa shape index (κ1) is 19.4. The molecule has 1 unspecified atom stereocenters. The minimum absolute atomic E-state index is 0.00388. The Morgan fingerprint density at radius 1 is 1.30 bits per heavy atom. The highest BCUT2D eigenvalue weighted by atomic mass is 32.1. The number of nitrogens with zero attached hydrogens (tertiary/aromatic N) is 2. The number of carbonyl (C=O) groups is 2. The number of carbonyl (C=O) groups excluding carboxylic acids is 2. The Labute approximate surface area is 162 Å². The molecule has 1 aromatic carbocycles. The van der Waals surface area contributed by atoms with Gasteiger partial charge in [0.1, 0.15) is 6.61 Å². The lowest BCUT2D eigenvalue weighted by Gasteiger charge is -2.33. The van der Waals surface area contributed by atoms with Crippen LogP contribution in [0.4, 0.5) is 4.39 Å². The van der Waals surface area contributed by atoms with Crippen LogP contribution in [0.15, 0.2) is 41.8 Å². The van der Waals surface area contributed by atoms with Crippen molar-refractivity contribution in [2.75, 3.05) is 33.3 Å². The van der Waals surface area contributed by atoms with Crippen molar-refractivity contribution in [3.63, 3.8) is 0 Å². The Hall–Kier alpha value is -2.41. The second kappa shape index (κ2) is 8.99. The van der Waals surface area contributed by atoms with E-state index in [0.29, 0.717) is 24.5 Å². The summed E-state index contributed by atoms with van der Waals surface area (Å²) in [5.41, 5.74) is 0. The van der Waals surface area contributed by atoms with E-state index in [1.807, 2.05) is 17.5 Å². The molecule has 27 heavy (non-hydrogen) atoms. The third-order valence-electron chi connectivity index (χ3n) is 4.69. The van der Waals surface area contributed by atoms with Crippen molar-refractivity contribution < 1.29 is 18.7 Å². The van der Waals surface area contributed by atoms with E-state index in [2.05, 4.69) is 0 Å². The van der Waals surface area contributed by atoms with Crippen LogP contribution < -0.4 is 4.74 Å². The van der Waals surface area contributed by atoms with Crippen molar-refractivity contribution in [3.05, 3.63) is 52.5 Å². The smallest absolute Gasteiger partial charge is 0.263 e. The Kier molecular flexibility index (Phi) is 6.45. The van der Waals surface area contributed by atoms with Crippen LogP contribution in [-0.2, 0) is 4.79 Å². The number of amides is 2. The Morgan fingerprint density at radius 3 is 2.85 bits per heavy atom. The molecule has 1 saturated heterocycles. The zero-order valence-corrected chi connectivity index (χ0v) is 16.1. The van der Waals surface area contributed by atoms with Crippen LogP contribution in [-0.4, -0.2) is 54.9 Å². The van der Waals surface area contributed by atoms with Gasteiger partial charge in [-0.3, -0.25) is 9.59 Å². The quantitative estimate of drug-likeness (QED) is 0.761. The van der Waals surface area contributed by atoms with E-state index >= 15 is 0 Å². The van der Waals surface area contributed by atoms with Gasteiger partial charge in [-0.2, -0.15) is 0 Å². The molecule has 0 spiro atoms. The monoisotopic (exact) mass is 390 g/mol. The van der Waals surface area contributed by atoms with Gasteiger partial charge >= 0.3 is 0 Å². The maximum Gasteiger partial charge on any atom is 0.263 e. The lowest BCUT2D eigenvalue weighted by atomic mass is 9.96. The van der Waals surface area contributed by atoms with Gasteiger partial charge in [-0.15, -0.1) is 11.3 Å². The van der Waals surface area contributed by atoms with Crippen LogP contribution in [0, 0.1) is 11.7 Å². The van der Waals surface area contributed by atoms with E-state index in [1.54, 1.807) is 35.0 Å². The standard InChI is InChI=1S/C20H23FN2O3S/c1-22(11-12-26-17-8-3-2-7-16(17)21)19(24)15-6-4-10-23(14-15)20(25)18-9-5-13-27-18/h2-3,5,7-9,13,15H,4,6,10-12,14H2,1H3. The molecule has 3 rings (SSSR count). The van der Waals surface area contributed by atoms with Gasteiger partial charge in [0.2, 0.25) is 5.91 Å². The molecule has 2 amide bonds. The Bertz CT molecular complexity index is 781. The summed E-state index contributed by atoms with van der Waals surface area (Å²) in [6.45, 7) is 1.70. The SMILES string of the molecule is CN(CCOc1ccccc1F)C(=O)C1CCCN(C(=O)c2cccs2)C1. The summed E-state index contributed by atoms with van der Waals surface area (Å²) in [7, 11) is 1.72. The van der Waals surface area contributed by atoms with E-state index in [1.165, 1.54) is 17.4 Å². The third-order valence-corrected chi connectivity index (χ3v) is 5.54. The second-order valence-electron chi connectivity index (χ2n) is 6.61. The van der Waals surface area contributed by atoms with E-state index in [4.69, 9.17) is 4.74 Å². The van der Waals surface area contributed by atoms with E-state index < -0.39 is 5.82 Å². The number of piperidine rings is 1. The van der Waals surface area contributed by atoms with Crippen molar-refractivity contribution in [1.29, 1.82) is 0 Å². The zero-order chi connectivity index (χ0) is 19.2. The van der Waals surface area contributed by atoms with Crippen molar-refractivity contribution in [1.82, 2.24) is 9.80 Å². The van der Waals surface area contributed by atoms with Crippen molar-refractivity contribution in [3.8, 4) is 5.75 Å². The van der Waals surface area contributed by atoms with E-state index in [0.717, 1.165) is 12.8 Å². The number of hydrogen-bond acceptors (Lipinski definition) is 4. The minimum Gasteiger partial charge on any atom is -0.489 e. The van der Waals surface area contributed by atoms with Crippen molar-refractivity contribution in [2.45, 2.75) is 12.8 Å². The summed E-state index contributed by atoms with van der Waals surface area (Å²) in [5, 5.41) is 1.88. The van der Waals surface area contributed by atoms with Crippen LogP contribution in [0.3, 0.4) is 0 Å². The molecule has 0 saturated carbocycles. The van der Waals surface area contributed by atoms with Crippen LogP contribution in [0.2, 0.25) is 0 Å². The van der Waals surface area contributed by atoms with E-state index in [9.17, 15) is 14.0 Å². The number of para-hydroxylation sites is 1. The molecule has 0 aliphatic carbocycles. The van der Waals surface area contributed by atoms with Gasteiger partial charge in [-0.25, -0.2) is 4.39 Å². The summed E-state index contributed by atoms with van der Waals surface area (Å²) >= 11 is 1.42. The van der Waals surface area contributed by atoms with Gasteiger partial charge in [0, 0.05) is 20.1 Å². The first-order chi connectivity index (χ1) is 13.1. The Balaban J connectivity index is 1.50. The normalized spacial score (nSPS) is 16.8. The molecule has 1 aliphatic heterocycles. The van der Waals surface area contributed by atoms with Gasteiger partial charge in [-0.1, -0.05) is 18.2 Å². The van der Waals surface area contributed by atoms with Crippen LogP contribution in [0.5, 0.6) is 5.75 Å². The first-order valence-electron chi connectivity index (χ1n) is 9.01. The molecule has 0 bridgehead atoms. The predicted octanol–water partition coefficient (Wildman–Crippen LogP) is 3.28. The summed E-state index contributed by atoms with van der Waals surface area (Å²) in [5.74, 6) is -0.449. The van der Waals surface area contributed by atoms with Gasteiger partial charge in [0.05, 0.1) is 17.3 Å². The summed E-state index contributed by atoms with van der Waals surface area (Å²) in [6, 6.07) is 9.87. The number of hydrogen-bond donors (Lipinski definition) is 0. The number of rotatable bonds is 6. The van der Waals surface area contributed by atoms with Gasteiger partial charge < -0.3 is 14.5 Å². The minimum atomic E-state index is -0.415. The number of likely N-dealkylation sites (tertiary alicyclic amines) is 1. The maximum atomic E-state index is 13.6. The molecule has 1 aromatic heterocycles. The number of benzene rings is 1. The van der Waals surface area contributed by atoms with Gasteiger partial charge in [-0.05, 0) is 36.4 Å². The van der Waals surface area contributed by atoms with Crippen LogP contribution >= 0.6 is 11.3 Å². The second-order valence-corrected chi connectivity index (χ2v) is 7.55. The molecular formula is C20H23FN2O3S. The summed E-state index contributed by atoms with van der Waals surface area (Å²) in [4.78, 5) is 29.3. The molecule has 7 heteroatoms. The largest absolute Gasteiger partial charge is 0.489 e. The Morgan fingerprint density at radius 2 is 2.11 bits per heavy atom. The molecule has 2 heterocycles. The average molecular weight is 390 g/mol. The highest BCUT2D eigenvalue weighted by molar-refractivity contribution is 7.12. The van der Waals surface area contributed by atoms with Crippen LogP contribution in [0.25, 0.3) is 0 Å². The van der Waals surface area contributed by atoms with Crippen LogP contribution in [0.1, 0.15) is 22.5 Å². The third kappa shape index (κ3) is 4.86. The molecule has 144 valence electrons. The molecule has 2 aromatic rings. The van der Waals surface area contributed by atoms with Gasteiger partial charge in [0.25, 0.3) is 5.91 Å². The van der Waals surface area contributed by atoms with Gasteiger partial charge in [0.15, 0.2) is 11.6 Å². The zero-order valence-electron chi connectivity index (χ0n) is 15.3.